The highest BCUT2D eigenvalue weighted by Gasteiger charge is 2.39. The van der Waals surface area contributed by atoms with Crippen LogP contribution in [0.25, 0.3) is 0 Å². The van der Waals surface area contributed by atoms with Crippen molar-refractivity contribution in [3.8, 4) is 5.75 Å². The third-order valence-corrected chi connectivity index (χ3v) is 4.76. The largest absolute Gasteiger partial charge is 0.493 e. The zero-order chi connectivity index (χ0) is 13.4. The van der Waals surface area contributed by atoms with Gasteiger partial charge in [0.25, 0.3) is 0 Å². The van der Waals surface area contributed by atoms with E-state index in [0.717, 1.165) is 11.8 Å². The maximum atomic E-state index is 13.3. The highest BCUT2D eigenvalue weighted by molar-refractivity contribution is 5.35. The lowest BCUT2D eigenvalue weighted by molar-refractivity contribution is 0.172. The summed E-state index contributed by atoms with van der Waals surface area (Å²) in [6, 6.07) is 4.36. The van der Waals surface area contributed by atoms with Crippen LogP contribution in [-0.2, 0) is 0 Å². The molecule has 0 aromatic heterocycles. The molecule has 0 spiro atoms. The summed E-state index contributed by atoms with van der Waals surface area (Å²) in [7, 11) is 0. The molecule has 0 heterocycles. The lowest BCUT2D eigenvalue weighted by atomic mass is 9.89. The van der Waals surface area contributed by atoms with Crippen LogP contribution in [0.15, 0.2) is 18.2 Å². The number of fused-ring (bicyclic) bond motifs is 2. The van der Waals surface area contributed by atoms with Crippen LogP contribution >= 0.6 is 0 Å². The smallest absolute Gasteiger partial charge is 0.128 e. The zero-order valence-electron chi connectivity index (χ0n) is 11.3. The highest BCUT2D eigenvalue weighted by atomic mass is 19.1. The minimum atomic E-state index is -0.629. The maximum absolute atomic E-state index is 13.3. The van der Waals surface area contributed by atoms with E-state index in [9.17, 15) is 9.50 Å². The molecule has 104 valence electrons. The predicted octanol–water partition coefficient (Wildman–Crippen LogP) is 3.69. The molecule has 3 heteroatoms. The Labute approximate surface area is 113 Å². The van der Waals surface area contributed by atoms with Gasteiger partial charge in [-0.15, -0.1) is 0 Å². The normalized spacial score (nSPS) is 30.6. The summed E-state index contributed by atoms with van der Waals surface area (Å²) in [5.74, 6) is 2.49. The Morgan fingerprint density at radius 2 is 2.21 bits per heavy atom. The van der Waals surface area contributed by atoms with Gasteiger partial charge in [-0.3, -0.25) is 0 Å². The molecule has 4 unspecified atom stereocenters. The van der Waals surface area contributed by atoms with Crippen LogP contribution < -0.4 is 4.74 Å². The fourth-order valence-electron chi connectivity index (χ4n) is 3.76. The van der Waals surface area contributed by atoms with Crippen molar-refractivity contribution in [1.82, 2.24) is 0 Å². The Hall–Kier alpha value is -1.09. The fraction of sp³-hybridized carbons (Fsp3) is 0.625. The number of rotatable bonds is 4. The first-order chi connectivity index (χ1) is 9.13. The van der Waals surface area contributed by atoms with Gasteiger partial charge in [0.05, 0.1) is 12.7 Å². The van der Waals surface area contributed by atoms with E-state index in [-0.39, 0.29) is 5.82 Å². The second kappa shape index (κ2) is 5.12. The van der Waals surface area contributed by atoms with Crippen LogP contribution in [0.4, 0.5) is 4.39 Å². The zero-order valence-corrected chi connectivity index (χ0v) is 11.3. The van der Waals surface area contributed by atoms with E-state index in [1.807, 2.05) is 0 Å². The standard InChI is InChI=1S/C16H21FO2/c1-10(18)15-5-4-14(17)8-16(15)19-9-13-7-11-2-3-12(13)6-11/h4-5,8,10-13,18H,2-3,6-7,9H2,1H3. The molecule has 1 aromatic rings. The minimum absolute atomic E-state index is 0.313. The molecule has 3 rings (SSSR count). The van der Waals surface area contributed by atoms with Gasteiger partial charge >= 0.3 is 0 Å². The van der Waals surface area contributed by atoms with Crippen molar-refractivity contribution in [3.63, 3.8) is 0 Å². The van der Waals surface area contributed by atoms with Crippen molar-refractivity contribution in [2.75, 3.05) is 6.61 Å². The first-order valence-corrected chi connectivity index (χ1v) is 7.24. The molecule has 1 aromatic carbocycles. The monoisotopic (exact) mass is 264 g/mol. The Morgan fingerprint density at radius 3 is 2.84 bits per heavy atom. The van der Waals surface area contributed by atoms with Gasteiger partial charge in [-0.1, -0.05) is 6.42 Å². The van der Waals surface area contributed by atoms with Gasteiger partial charge in [0, 0.05) is 11.6 Å². The van der Waals surface area contributed by atoms with Crippen molar-refractivity contribution in [2.45, 2.75) is 38.7 Å². The Bertz CT molecular complexity index is 458. The van der Waals surface area contributed by atoms with Gasteiger partial charge in [-0.25, -0.2) is 4.39 Å². The van der Waals surface area contributed by atoms with Crippen LogP contribution in [0.2, 0.25) is 0 Å². The summed E-state index contributed by atoms with van der Waals surface area (Å²) < 4.78 is 19.1. The van der Waals surface area contributed by atoms with Gasteiger partial charge < -0.3 is 9.84 Å². The van der Waals surface area contributed by atoms with Crippen molar-refractivity contribution in [2.24, 2.45) is 17.8 Å². The van der Waals surface area contributed by atoms with Gasteiger partial charge in [0.2, 0.25) is 0 Å². The molecule has 2 aliphatic rings. The summed E-state index contributed by atoms with van der Waals surface area (Å²) in [6.45, 7) is 2.34. The third kappa shape index (κ3) is 2.62. The summed E-state index contributed by atoms with van der Waals surface area (Å²) >= 11 is 0. The molecule has 1 N–H and O–H groups in total. The Morgan fingerprint density at radius 1 is 1.37 bits per heavy atom. The third-order valence-electron chi connectivity index (χ3n) is 4.76. The van der Waals surface area contributed by atoms with Crippen LogP contribution in [0.5, 0.6) is 5.75 Å². The van der Waals surface area contributed by atoms with E-state index in [0.29, 0.717) is 23.8 Å². The quantitative estimate of drug-likeness (QED) is 0.898. The predicted molar refractivity (Wildman–Crippen MR) is 71.5 cm³/mol. The summed E-state index contributed by atoms with van der Waals surface area (Å²) in [4.78, 5) is 0. The number of aliphatic hydroxyl groups is 1. The molecule has 0 saturated heterocycles. The lowest BCUT2D eigenvalue weighted by Crippen LogP contribution is -2.19. The first kappa shape index (κ1) is 12.9. The fourth-order valence-corrected chi connectivity index (χ4v) is 3.76. The van der Waals surface area contributed by atoms with Crippen LogP contribution in [0.1, 0.15) is 44.3 Å². The second-order valence-electron chi connectivity index (χ2n) is 6.10. The van der Waals surface area contributed by atoms with E-state index >= 15 is 0 Å². The Balaban J connectivity index is 1.67. The number of ether oxygens (including phenoxy) is 1. The van der Waals surface area contributed by atoms with Crippen molar-refractivity contribution in [3.05, 3.63) is 29.6 Å². The minimum Gasteiger partial charge on any atom is -0.493 e. The first-order valence-electron chi connectivity index (χ1n) is 7.24. The van der Waals surface area contributed by atoms with Gasteiger partial charge in [0.15, 0.2) is 0 Å². The average molecular weight is 264 g/mol. The summed E-state index contributed by atoms with van der Waals surface area (Å²) in [5, 5.41) is 9.69. The molecule has 2 aliphatic carbocycles. The van der Waals surface area contributed by atoms with Crippen molar-refractivity contribution in [1.29, 1.82) is 0 Å². The lowest BCUT2D eigenvalue weighted by Gasteiger charge is -2.23. The molecular formula is C16H21FO2. The molecule has 0 amide bonds. The van der Waals surface area contributed by atoms with Gasteiger partial charge in [-0.05, 0) is 56.1 Å². The number of aliphatic hydroxyl groups excluding tert-OH is 1. The maximum Gasteiger partial charge on any atom is 0.128 e. The molecule has 2 saturated carbocycles. The molecule has 0 radical (unpaired) electrons. The molecule has 4 atom stereocenters. The molecule has 2 nitrogen and oxygen atoms in total. The van der Waals surface area contributed by atoms with Gasteiger partial charge in [-0.2, -0.15) is 0 Å². The summed E-state index contributed by atoms with van der Waals surface area (Å²) in [6.07, 6.45) is 4.67. The SMILES string of the molecule is CC(O)c1ccc(F)cc1OCC1CC2CCC1C2. The van der Waals surface area contributed by atoms with Crippen molar-refractivity contribution >= 4 is 0 Å². The summed E-state index contributed by atoms with van der Waals surface area (Å²) in [5.41, 5.74) is 0.671. The molecule has 2 fully saturated rings. The highest BCUT2D eigenvalue weighted by Crippen LogP contribution is 2.48. The van der Waals surface area contributed by atoms with E-state index in [2.05, 4.69) is 0 Å². The van der Waals surface area contributed by atoms with Crippen LogP contribution in [0.3, 0.4) is 0 Å². The molecule has 0 aliphatic heterocycles. The Kier molecular flexibility index (Phi) is 3.48. The van der Waals surface area contributed by atoms with E-state index in [1.54, 1.807) is 13.0 Å². The number of hydrogen-bond donors (Lipinski definition) is 1. The van der Waals surface area contributed by atoms with E-state index in [1.165, 1.54) is 37.8 Å². The second-order valence-corrected chi connectivity index (χ2v) is 6.10. The molecular weight excluding hydrogens is 243 g/mol. The van der Waals surface area contributed by atoms with Crippen LogP contribution in [0, 0.1) is 23.6 Å². The molecule has 2 bridgehead atoms. The van der Waals surface area contributed by atoms with E-state index < -0.39 is 6.10 Å². The topological polar surface area (TPSA) is 29.5 Å². The number of hydrogen-bond acceptors (Lipinski definition) is 2. The average Bonchev–Trinajstić information content (AvgIpc) is 2.98. The van der Waals surface area contributed by atoms with E-state index in [4.69, 9.17) is 4.74 Å². The molecule has 19 heavy (non-hydrogen) atoms. The van der Waals surface area contributed by atoms with Crippen molar-refractivity contribution < 1.29 is 14.2 Å². The van der Waals surface area contributed by atoms with Crippen LogP contribution in [-0.4, -0.2) is 11.7 Å². The number of benzene rings is 1. The number of halogens is 1. The van der Waals surface area contributed by atoms with Gasteiger partial charge in [0.1, 0.15) is 11.6 Å².